The third kappa shape index (κ3) is 2.43. The standard InChI is InChI=1S/C10H13N3O6/c11-7(16)5-2-13(10(18)12-8(5)17)9-6(15)1-4(3-14)19-9/h2,4,6,9,14-15H,1,3H2,(H2,11,16)(H,12,17,18)/t4-,6?,9?/m0/s1. The van der Waals surface area contributed by atoms with E-state index in [1.807, 2.05) is 4.98 Å². The van der Waals surface area contributed by atoms with E-state index >= 15 is 0 Å². The zero-order valence-electron chi connectivity index (χ0n) is 9.78. The Morgan fingerprint density at radius 2 is 2.26 bits per heavy atom. The number of H-pyrrole nitrogens is 1. The van der Waals surface area contributed by atoms with Gasteiger partial charge in [0.1, 0.15) is 11.7 Å². The van der Waals surface area contributed by atoms with Gasteiger partial charge in [0.05, 0.1) is 12.7 Å². The first-order valence-electron chi connectivity index (χ1n) is 5.53. The summed E-state index contributed by atoms with van der Waals surface area (Å²) in [5.74, 6) is -0.999. The van der Waals surface area contributed by atoms with Crippen LogP contribution in [0.15, 0.2) is 15.8 Å². The first-order chi connectivity index (χ1) is 8.93. The van der Waals surface area contributed by atoms with Gasteiger partial charge in [0.25, 0.3) is 11.5 Å². The van der Waals surface area contributed by atoms with Crippen LogP contribution in [-0.2, 0) is 4.74 Å². The van der Waals surface area contributed by atoms with Gasteiger partial charge in [-0.1, -0.05) is 0 Å². The van der Waals surface area contributed by atoms with Crippen LogP contribution < -0.4 is 17.0 Å². The lowest BCUT2D eigenvalue weighted by Gasteiger charge is -2.17. The Balaban J connectivity index is 2.46. The number of aromatic nitrogens is 2. The molecule has 1 aliphatic rings. The van der Waals surface area contributed by atoms with E-state index in [9.17, 15) is 19.5 Å². The van der Waals surface area contributed by atoms with Crippen molar-refractivity contribution < 1.29 is 19.7 Å². The highest BCUT2D eigenvalue weighted by atomic mass is 16.5. The number of carbonyl (C=O) groups is 1. The molecule has 2 heterocycles. The highest BCUT2D eigenvalue weighted by molar-refractivity contribution is 5.91. The van der Waals surface area contributed by atoms with Gasteiger partial charge >= 0.3 is 5.69 Å². The fourth-order valence-electron chi connectivity index (χ4n) is 1.95. The van der Waals surface area contributed by atoms with Gasteiger partial charge in [0.2, 0.25) is 0 Å². The number of nitrogens with zero attached hydrogens (tertiary/aromatic N) is 1. The van der Waals surface area contributed by atoms with Crippen LogP contribution in [0, 0.1) is 0 Å². The molecule has 0 spiro atoms. The van der Waals surface area contributed by atoms with Crippen LogP contribution in [0.5, 0.6) is 0 Å². The summed E-state index contributed by atoms with van der Waals surface area (Å²) in [4.78, 5) is 35.9. The van der Waals surface area contributed by atoms with E-state index in [0.717, 1.165) is 10.8 Å². The first-order valence-corrected chi connectivity index (χ1v) is 5.53. The zero-order valence-corrected chi connectivity index (χ0v) is 9.78. The Labute approximate surface area is 106 Å². The molecule has 9 heteroatoms. The molecule has 19 heavy (non-hydrogen) atoms. The monoisotopic (exact) mass is 271 g/mol. The van der Waals surface area contributed by atoms with Crippen LogP contribution in [0.1, 0.15) is 23.0 Å². The molecule has 0 aliphatic carbocycles. The topological polar surface area (TPSA) is 148 Å². The van der Waals surface area contributed by atoms with Crippen LogP contribution >= 0.6 is 0 Å². The number of primary amides is 1. The van der Waals surface area contributed by atoms with E-state index in [4.69, 9.17) is 15.6 Å². The van der Waals surface area contributed by atoms with Gasteiger partial charge in [-0.2, -0.15) is 0 Å². The minimum Gasteiger partial charge on any atom is -0.394 e. The van der Waals surface area contributed by atoms with E-state index in [1.54, 1.807) is 0 Å². The second-order valence-corrected chi connectivity index (χ2v) is 4.21. The molecule has 0 bridgehead atoms. The minimum absolute atomic E-state index is 0.138. The maximum Gasteiger partial charge on any atom is 0.330 e. The molecule has 1 fully saturated rings. The fraction of sp³-hybridized carbons (Fsp3) is 0.500. The molecule has 1 aromatic heterocycles. The molecule has 104 valence electrons. The molecule has 9 nitrogen and oxygen atoms in total. The van der Waals surface area contributed by atoms with E-state index in [-0.39, 0.29) is 13.0 Å². The summed E-state index contributed by atoms with van der Waals surface area (Å²) in [6.45, 7) is -0.311. The largest absolute Gasteiger partial charge is 0.394 e. The maximum absolute atomic E-state index is 11.6. The van der Waals surface area contributed by atoms with Gasteiger partial charge in [0.15, 0.2) is 6.23 Å². The van der Waals surface area contributed by atoms with E-state index < -0.39 is 41.2 Å². The predicted molar refractivity (Wildman–Crippen MR) is 61.5 cm³/mol. The molecule has 0 radical (unpaired) electrons. The van der Waals surface area contributed by atoms with Gasteiger partial charge in [-0.15, -0.1) is 0 Å². The van der Waals surface area contributed by atoms with Crippen LogP contribution in [0.2, 0.25) is 0 Å². The third-order valence-electron chi connectivity index (χ3n) is 2.88. The molecule has 1 aromatic rings. The predicted octanol–water partition coefficient (Wildman–Crippen LogP) is -2.72. The summed E-state index contributed by atoms with van der Waals surface area (Å²) in [5.41, 5.74) is 2.85. The molecular weight excluding hydrogens is 258 g/mol. The molecule has 1 aliphatic heterocycles. The number of ether oxygens (including phenoxy) is 1. The molecule has 5 N–H and O–H groups in total. The van der Waals surface area contributed by atoms with Gasteiger partial charge < -0.3 is 20.7 Å². The second-order valence-electron chi connectivity index (χ2n) is 4.21. The van der Waals surface area contributed by atoms with Crippen molar-refractivity contribution in [3.8, 4) is 0 Å². The maximum atomic E-state index is 11.6. The lowest BCUT2D eigenvalue weighted by Crippen LogP contribution is -2.39. The lowest BCUT2D eigenvalue weighted by molar-refractivity contribution is -0.0531. The number of aromatic amines is 1. The van der Waals surface area contributed by atoms with Gasteiger partial charge in [-0.05, 0) is 0 Å². The van der Waals surface area contributed by atoms with Crippen LogP contribution in [0.3, 0.4) is 0 Å². The summed E-state index contributed by atoms with van der Waals surface area (Å²) >= 11 is 0. The molecule has 0 saturated carbocycles. The molecule has 2 rings (SSSR count). The Kier molecular flexibility index (Phi) is 3.51. The Bertz CT molecular complexity index is 606. The average molecular weight is 271 g/mol. The summed E-state index contributed by atoms with van der Waals surface area (Å²) in [6.07, 6.45) is -1.66. The fourth-order valence-corrected chi connectivity index (χ4v) is 1.95. The number of hydrogen-bond donors (Lipinski definition) is 4. The molecular formula is C10H13N3O6. The normalized spacial score (nSPS) is 26.5. The number of rotatable bonds is 3. The van der Waals surface area contributed by atoms with E-state index in [2.05, 4.69) is 0 Å². The number of aliphatic hydroxyl groups excluding tert-OH is 2. The number of carbonyl (C=O) groups excluding carboxylic acids is 1. The molecule has 3 atom stereocenters. The summed E-state index contributed by atoms with van der Waals surface area (Å²) in [7, 11) is 0. The number of aliphatic hydroxyl groups is 2. The smallest absolute Gasteiger partial charge is 0.330 e. The minimum atomic E-state index is -1.08. The Hall–Kier alpha value is -1.97. The average Bonchev–Trinajstić information content (AvgIpc) is 2.70. The van der Waals surface area contributed by atoms with Crippen molar-refractivity contribution in [3.05, 3.63) is 32.6 Å². The lowest BCUT2D eigenvalue weighted by atomic mass is 10.2. The van der Waals surface area contributed by atoms with Crippen molar-refractivity contribution in [2.24, 2.45) is 5.73 Å². The highest BCUT2D eigenvalue weighted by Crippen LogP contribution is 2.27. The Morgan fingerprint density at radius 1 is 1.58 bits per heavy atom. The van der Waals surface area contributed by atoms with Crippen LogP contribution in [0.25, 0.3) is 0 Å². The number of nitrogens with one attached hydrogen (secondary N) is 1. The molecule has 1 saturated heterocycles. The first kappa shape index (κ1) is 13.5. The summed E-state index contributed by atoms with van der Waals surface area (Å²) in [6, 6.07) is 0. The second kappa shape index (κ2) is 4.96. The van der Waals surface area contributed by atoms with Crippen molar-refractivity contribution in [1.82, 2.24) is 9.55 Å². The Morgan fingerprint density at radius 3 is 2.79 bits per heavy atom. The molecule has 2 unspecified atom stereocenters. The highest BCUT2D eigenvalue weighted by Gasteiger charge is 2.35. The van der Waals surface area contributed by atoms with Crippen LogP contribution in [-0.4, -0.2) is 44.5 Å². The summed E-state index contributed by atoms with van der Waals surface area (Å²) in [5, 5.41) is 18.7. The van der Waals surface area contributed by atoms with E-state index in [0.29, 0.717) is 0 Å². The number of nitrogens with two attached hydrogens (primary N) is 1. The van der Waals surface area contributed by atoms with Crippen LogP contribution in [0.4, 0.5) is 0 Å². The SMILES string of the molecule is NC(=O)c1cn(C2O[C@H](CO)CC2O)c(=O)[nH]c1=O. The van der Waals surface area contributed by atoms with Gasteiger partial charge in [-0.25, -0.2) is 4.79 Å². The third-order valence-corrected chi connectivity index (χ3v) is 2.88. The zero-order chi connectivity index (χ0) is 14.2. The number of amides is 1. The van der Waals surface area contributed by atoms with Crippen molar-refractivity contribution in [2.45, 2.75) is 24.9 Å². The van der Waals surface area contributed by atoms with Crippen molar-refractivity contribution in [1.29, 1.82) is 0 Å². The van der Waals surface area contributed by atoms with Gasteiger partial charge in [-0.3, -0.25) is 19.1 Å². The van der Waals surface area contributed by atoms with Crippen molar-refractivity contribution in [2.75, 3.05) is 6.61 Å². The van der Waals surface area contributed by atoms with Crippen molar-refractivity contribution in [3.63, 3.8) is 0 Å². The molecule has 1 amide bonds. The van der Waals surface area contributed by atoms with Gasteiger partial charge in [0, 0.05) is 12.6 Å². The number of hydrogen-bond acceptors (Lipinski definition) is 6. The molecule has 0 aromatic carbocycles. The van der Waals surface area contributed by atoms with Crippen molar-refractivity contribution >= 4 is 5.91 Å². The quantitative estimate of drug-likeness (QED) is 0.469. The van der Waals surface area contributed by atoms with E-state index in [1.165, 1.54) is 0 Å². The summed E-state index contributed by atoms with van der Waals surface area (Å²) < 4.78 is 6.13.